The van der Waals surface area contributed by atoms with E-state index in [1.165, 1.54) is 18.4 Å². The molecule has 1 aliphatic rings. The van der Waals surface area contributed by atoms with E-state index in [1.807, 2.05) is 4.90 Å². The van der Waals surface area contributed by atoms with Crippen LogP contribution in [0.3, 0.4) is 0 Å². The third-order valence-electron chi connectivity index (χ3n) is 2.55. The lowest BCUT2D eigenvalue weighted by Gasteiger charge is -2.21. The molecule has 1 fully saturated rings. The minimum atomic E-state index is 0.278. The molecule has 0 atom stereocenters. The van der Waals surface area contributed by atoms with Crippen LogP contribution in [0, 0.1) is 0 Å². The van der Waals surface area contributed by atoms with Gasteiger partial charge < -0.3 is 4.90 Å². The first-order chi connectivity index (χ1) is 7.31. The summed E-state index contributed by atoms with van der Waals surface area (Å²) in [7, 11) is 0. The number of alkyl halides is 1. The second kappa shape index (κ2) is 5.12. The first-order valence-corrected chi connectivity index (χ1v) is 7.24. The van der Waals surface area contributed by atoms with Crippen LogP contribution in [0.5, 0.6) is 0 Å². The van der Waals surface area contributed by atoms with E-state index in [0.717, 1.165) is 11.9 Å². The van der Waals surface area contributed by atoms with E-state index in [4.69, 9.17) is 0 Å². The summed E-state index contributed by atoms with van der Waals surface area (Å²) in [5.74, 6) is 0.278. The van der Waals surface area contributed by atoms with Gasteiger partial charge in [0.1, 0.15) is 0 Å². The van der Waals surface area contributed by atoms with E-state index in [9.17, 15) is 4.79 Å². The summed E-state index contributed by atoms with van der Waals surface area (Å²) < 4.78 is 0. The number of carbonyl (C=O) groups is 1. The maximum Gasteiger partial charge on any atom is 0.223 e. The third-order valence-corrected chi connectivity index (χ3v) is 3.68. The van der Waals surface area contributed by atoms with Crippen molar-refractivity contribution in [3.63, 3.8) is 0 Å². The number of amides is 1. The Balaban J connectivity index is 1.97. The van der Waals surface area contributed by atoms with Crippen LogP contribution in [0.2, 0.25) is 0 Å². The molecule has 0 saturated heterocycles. The normalized spacial score (nSPS) is 15.3. The van der Waals surface area contributed by atoms with Crippen LogP contribution in [0.4, 0.5) is 0 Å². The predicted octanol–water partition coefficient (Wildman–Crippen LogP) is 3.02. The molecule has 0 unspecified atom stereocenters. The van der Waals surface area contributed by atoms with E-state index in [-0.39, 0.29) is 5.91 Å². The smallest absolute Gasteiger partial charge is 0.223 e. The Morgan fingerprint density at radius 1 is 1.60 bits per heavy atom. The van der Waals surface area contributed by atoms with Crippen LogP contribution in [-0.2, 0) is 11.3 Å². The molecule has 0 N–H and O–H groups in total. The highest BCUT2D eigenvalue weighted by Gasteiger charge is 2.31. The SMILES string of the molecule is O=C(CCBr)N(Cc1ccsc1)C1CC1. The quantitative estimate of drug-likeness (QED) is 0.763. The monoisotopic (exact) mass is 287 g/mol. The zero-order valence-electron chi connectivity index (χ0n) is 8.49. The number of thiophene rings is 1. The number of nitrogens with zero attached hydrogens (tertiary/aromatic N) is 1. The van der Waals surface area contributed by atoms with Gasteiger partial charge in [-0.3, -0.25) is 4.79 Å². The van der Waals surface area contributed by atoms with Crippen molar-refractivity contribution in [2.45, 2.75) is 31.8 Å². The molecule has 1 aliphatic carbocycles. The molecule has 1 heterocycles. The van der Waals surface area contributed by atoms with Crippen molar-refractivity contribution in [2.24, 2.45) is 0 Å². The van der Waals surface area contributed by atoms with Crippen LogP contribution >= 0.6 is 27.3 Å². The largest absolute Gasteiger partial charge is 0.335 e. The summed E-state index contributed by atoms with van der Waals surface area (Å²) in [5.41, 5.74) is 1.26. The fourth-order valence-corrected chi connectivity index (χ4v) is 2.61. The predicted molar refractivity (Wildman–Crippen MR) is 66.3 cm³/mol. The summed E-state index contributed by atoms with van der Waals surface area (Å²) in [4.78, 5) is 13.9. The molecular formula is C11H14BrNOS. The Bertz CT molecular complexity index is 321. The number of hydrogen-bond donors (Lipinski definition) is 0. The molecular weight excluding hydrogens is 274 g/mol. The Morgan fingerprint density at radius 3 is 2.93 bits per heavy atom. The van der Waals surface area contributed by atoms with E-state index in [1.54, 1.807) is 11.3 Å². The first kappa shape index (κ1) is 11.1. The molecule has 0 bridgehead atoms. The van der Waals surface area contributed by atoms with E-state index >= 15 is 0 Å². The molecule has 15 heavy (non-hydrogen) atoms. The Kier molecular flexibility index (Phi) is 3.81. The summed E-state index contributed by atoms with van der Waals surface area (Å²) >= 11 is 5.01. The van der Waals surface area contributed by atoms with Crippen molar-refractivity contribution < 1.29 is 4.79 Å². The Morgan fingerprint density at radius 2 is 2.40 bits per heavy atom. The minimum Gasteiger partial charge on any atom is -0.335 e. The maximum absolute atomic E-state index is 11.9. The molecule has 1 amide bonds. The van der Waals surface area contributed by atoms with Gasteiger partial charge in [-0.15, -0.1) is 0 Å². The second-order valence-corrected chi connectivity index (χ2v) is 5.40. The van der Waals surface area contributed by atoms with Gasteiger partial charge in [0.2, 0.25) is 5.91 Å². The Labute approximate surface area is 102 Å². The van der Waals surface area contributed by atoms with Crippen molar-refractivity contribution in [1.29, 1.82) is 0 Å². The Hall–Kier alpha value is -0.350. The van der Waals surface area contributed by atoms with Gasteiger partial charge in [-0.2, -0.15) is 11.3 Å². The third kappa shape index (κ3) is 3.05. The van der Waals surface area contributed by atoms with Gasteiger partial charge in [0, 0.05) is 24.3 Å². The second-order valence-electron chi connectivity index (χ2n) is 3.82. The van der Waals surface area contributed by atoms with Gasteiger partial charge in [-0.25, -0.2) is 0 Å². The summed E-state index contributed by atoms with van der Waals surface area (Å²) in [6.45, 7) is 0.792. The highest BCUT2D eigenvalue weighted by atomic mass is 79.9. The molecule has 1 saturated carbocycles. The zero-order chi connectivity index (χ0) is 10.7. The average molecular weight is 288 g/mol. The van der Waals surface area contributed by atoms with E-state index in [0.29, 0.717) is 12.5 Å². The molecule has 2 rings (SSSR count). The highest BCUT2D eigenvalue weighted by Crippen LogP contribution is 2.29. The molecule has 4 heteroatoms. The van der Waals surface area contributed by atoms with Crippen molar-refractivity contribution in [3.8, 4) is 0 Å². The van der Waals surface area contributed by atoms with Gasteiger partial charge in [0.25, 0.3) is 0 Å². The summed E-state index contributed by atoms with van der Waals surface area (Å²) in [6, 6.07) is 2.61. The molecule has 82 valence electrons. The molecule has 2 nitrogen and oxygen atoms in total. The fraction of sp³-hybridized carbons (Fsp3) is 0.545. The van der Waals surface area contributed by atoms with Crippen LogP contribution in [-0.4, -0.2) is 22.2 Å². The van der Waals surface area contributed by atoms with Crippen LogP contribution in [0.25, 0.3) is 0 Å². The fourth-order valence-electron chi connectivity index (χ4n) is 1.61. The molecule has 0 aromatic carbocycles. The van der Waals surface area contributed by atoms with Gasteiger partial charge >= 0.3 is 0 Å². The van der Waals surface area contributed by atoms with Gasteiger partial charge in [-0.1, -0.05) is 15.9 Å². The number of halogens is 1. The highest BCUT2D eigenvalue weighted by molar-refractivity contribution is 9.09. The topological polar surface area (TPSA) is 20.3 Å². The number of hydrogen-bond acceptors (Lipinski definition) is 2. The molecule has 0 spiro atoms. The van der Waals surface area contributed by atoms with Crippen LogP contribution < -0.4 is 0 Å². The van der Waals surface area contributed by atoms with Gasteiger partial charge in [0.15, 0.2) is 0 Å². The van der Waals surface area contributed by atoms with Gasteiger partial charge in [-0.05, 0) is 35.2 Å². The molecule has 0 radical (unpaired) electrons. The lowest BCUT2D eigenvalue weighted by molar-refractivity contribution is -0.131. The lowest BCUT2D eigenvalue weighted by Crippen LogP contribution is -2.32. The van der Waals surface area contributed by atoms with E-state index < -0.39 is 0 Å². The van der Waals surface area contributed by atoms with E-state index in [2.05, 4.69) is 32.8 Å². The number of carbonyl (C=O) groups excluding carboxylic acids is 1. The van der Waals surface area contributed by atoms with Crippen LogP contribution in [0.1, 0.15) is 24.8 Å². The zero-order valence-corrected chi connectivity index (χ0v) is 10.9. The molecule has 1 aromatic heterocycles. The van der Waals surface area contributed by atoms with Gasteiger partial charge in [0.05, 0.1) is 0 Å². The van der Waals surface area contributed by atoms with Crippen molar-refractivity contribution in [1.82, 2.24) is 4.90 Å². The van der Waals surface area contributed by atoms with Crippen molar-refractivity contribution >= 4 is 33.2 Å². The van der Waals surface area contributed by atoms with Crippen molar-refractivity contribution in [3.05, 3.63) is 22.4 Å². The maximum atomic E-state index is 11.9. The summed E-state index contributed by atoms with van der Waals surface area (Å²) in [6.07, 6.45) is 2.97. The van der Waals surface area contributed by atoms with Crippen molar-refractivity contribution in [2.75, 3.05) is 5.33 Å². The lowest BCUT2D eigenvalue weighted by atomic mass is 10.3. The standard InChI is InChI=1S/C11H14BrNOS/c12-5-3-11(14)13(10-1-2-10)7-9-4-6-15-8-9/h4,6,8,10H,1-3,5,7H2. The molecule has 0 aliphatic heterocycles. The van der Waals surface area contributed by atoms with Crippen LogP contribution in [0.15, 0.2) is 16.8 Å². The summed E-state index contributed by atoms with van der Waals surface area (Å²) in [5, 5.41) is 4.95. The first-order valence-electron chi connectivity index (χ1n) is 5.18. The minimum absolute atomic E-state index is 0.278. The average Bonchev–Trinajstić information content (AvgIpc) is 2.93. The number of rotatable bonds is 5. The molecule has 1 aromatic rings.